The maximum atomic E-state index is 11.3. The number of benzene rings is 2. The molecule has 3 rings (SSSR count). The van der Waals surface area contributed by atoms with Crippen LogP contribution in [0.5, 0.6) is 0 Å². The highest BCUT2D eigenvalue weighted by molar-refractivity contribution is 6.00. The van der Waals surface area contributed by atoms with Gasteiger partial charge >= 0.3 is 0 Å². The number of hydrogen-bond acceptors (Lipinski definition) is 2. The van der Waals surface area contributed by atoms with E-state index in [1.54, 1.807) is 0 Å². The number of para-hydroxylation sites is 1. The molecular formula is C21H23N3O. The second-order valence-corrected chi connectivity index (χ2v) is 6.35. The van der Waals surface area contributed by atoms with Gasteiger partial charge in [0.1, 0.15) is 6.54 Å². The van der Waals surface area contributed by atoms with Crippen LogP contribution in [0.2, 0.25) is 0 Å². The lowest BCUT2D eigenvalue weighted by Gasteiger charge is -2.08. The van der Waals surface area contributed by atoms with E-state index in [1.165, 1.54) is 5.56 Å². The number of fused-ring (bicyclic) bond motifs is 1. The molecule has 2 aromatic carbocycles. The molecule has 2 N–H and O–H groups in total. The highest BCUT2D eigenvalue weighted by Gasteiger charge is 2.08. The van der Waals surface area contributed by atoms with E-state index in [4.69, 9.17) is 5.73 Å². The SMILES string of the molecule is CC[C@@H](C)c1ccc(N=Cc2cn(CC(N)=O)c3ccccc23)cc1. The average Bonchev–Trinajstić information content (AvgIpc) is 2.97. The van der Waals surface area contributed by atoms with Crippen LogP contribution in [0.3, 0.4) is 0 Å². The number of aromatic nitrogens is 1. The van der Waals surface area contributed by atoms with E-state index in [9.17, 15) is 4.79 Å². The maximum absolute atomic E-state index is 11.3. The molecule has 3 aromatic rings. The van der Waals surface area contributed by atoms with Crippen molar-refractivity contribution in [3.8, 4) is 0 Å². The van der Waals surface area contributed by atoms with Gasteiger partial charge in [-0.15, -0.1) is 0 Å². The van der Waals surface area contributed by atoms with Crippen LogP contribution in [-0.4, -0.2) is 16.7 Å². The predicted octanol–water partition coefficient (Wildman–Crippen LogP) is 4.39. The lowest BCUT2D eigenvalue weighted by Crippen LogP contribution is -2.17. The molecule has 0 bridgehead atoms. The first kappa shape index (κ1) is 17.0. The normalized spacial score (nSPS) is 12.7. The number of rotatable bonds is 6. The first-order chi connectivity index (χ1) is 12.1. The van der Waals surface area contributed by atoms with Crippen molar-refractivity contribution in [2.75, 3.05) is 0 Å². The van der Waals surface area contributed by atoms with Crippen LogP contribution in [0.1, 0.15) is 37.3 Å². The van der Waals surface area contributed by atoms with Crippen molar-refractivity contribution < 1.29 is 4.79 Å². The zero-order valence-corrected chi connectivity index (χ0v) is 14.6. The third-order valence-corrected chi connectivity index (χ3v) is 4.57. The standard InChI is InChI=1S/C21H23N3O/c1-3-15(2)16-8-10-18(11-9-16)23-12-17-13-24(14-21(22)25)20-7-5-4-6-19(17)20/h4-13,15H,3,14H2,1-2H3,(H2,22,25)/t15-/m1/s1. The second-order valence-electron chi connectivity index (χ2n) is 6.35. The second kappa shape index (κ2) is 7.34. The van der Waals surface area contributed by atoms with E-state index in [-0.39, 0.29) is 12.5 Å². The van der Waals surface area contributed by atoms with Gasteiger partial charge in [0.15, 0.2) is 0 Å². The number of nitrogens with zero attached hydrogens (tertiary/aromatic N) is 2. The fraction of sp³-hybridized carbons (Fsp3) is 0.238. The van der Waals surface area contributed by atoms with Crippen molar-refractivity contribution >= 4 is 28.7 Å². The van der Waals surface area contributed by atoms with Crippen molar-refractivity contribution in [2.24, 2.45) is 10.7 Å². The third-order valence-electron chi connectivity index (χ3n) is 4.57. The summed E-state index contributed by atoms with van der Waals surface area (Å²) in [5.74, 6) is 0.203. The molecule has 128 valence electrons. The van der Waals surface area contributed by atoms with Crippen LogP contribution in [0.4, 0.5) is 5.69 Å². The zero-order chi connectivity index (χ0) is 17.8. The smallest absolute Gasteiger partial charge is 0.237 e. The first-order valence-corrected chi connectivity index (χ1v) is 8.58. The quantitative estimate of drug-likeness (QED) is 0.668. The summed E-state index contributed by atoms with van der Waals surface area (Å²) >= 11 is 0. The highest BCUT2D eigenvalue weighted by atomic mass is 16.1. The molecule has 1 aromatic heterocycles. The topological polar surface area (TPSA) is 60.4 Å². The van der Waals surface area contributed by atoms with Crippen molar-refractivity contribution in [1.29, 1.82) is 0 Å². The maximum Gasteiger partial charge on any atom is 0.237 e. The Hall–Kier alpha value is -2.88. The van der Waals surface area contributed by atoms with Crippen LogP contribution in [0.25, 0.3) is 10.9 Å². The molecule has 1 atom stereocenters. The third kappa shape index (κ3) is 3.79. The Morgan fingerprint density at radius 2 is 1.92 bits per heavy atom. The summed E-state index contributed by atoms with van der Waals surface area (Å²) in [6.07, 6.45) is 4.90. The van der Waals surface area contributed by atoms with Crippen LogP contribution >= 0.6 is 0 Å². The van der Waals surface area contributed by atoms with Gasteiger partial charge in [-0.3, -0.25) is 9.79 Å². The Kier molecular flexibility index (Phi) is 4.98. The summed E-state index contributed by atoms with van der Waals surface area (Å²) in [4.78, 5) is 15.9. The van der Waals surface area contributed by atoms with Crippen molar-refractivity contribution in [3.05, 3.63) is 65.9 Å². The summed E-state index contributed by atoms with van der Waals surface area (Å²) in [5, 5.41) is 1.06. The van der Waals surface area contributed by atoms with Crippen molar-refractivity contribution in [3.63, 3.8) is 0 Å². The van der Waals surface area contributed by atoms with Gasteiger partial charge in [-0.25, -0.2) is 0 Å². The molecular weight excluding hydrogens is 310 g/mol. The fourth-order valence-electron chi connectivity index (χ4n) is 2.95. The molecule has 4 heteroatoms. The summed E-state index contributed by atoms with van der Waals surface area (Å²) in [5.41, 5.74) is 9.55. The lowest BCUT2D eigenvalue weighted by atomic mass is 9.99. The zero-order valence-electron chi connectivity index (χ0n) is 14.6. The van der Waals surface area contributed by atoms with Crippen molar-refractivity contribution in [1.82, 2.24) is 4.57 Å². The van der Waals surface area contributed by atoms with Gasteiger partial charge in [-0.1, -0.05) is 44.2 Å². The summed E-state index contributed by atoms with van der Waals surface area (Å²) in [6.45, 7) is 4.59. The molecule has 25 heavy (non-hydrogen) atoms. The molecule has 0 aliphatic carbocycles. The molecule has 4 nitrogen and oxygen atoms in total. The monoisotopic (exact) mass is 333 g/mol. The minimum atomic E-state index is -0.357. The molecule has 0 unspecified atom stereocenters. The number of amides is 1. The molecule has 1 amide bonds. The number of hydrogen-bond donors (Lipinski definition) is 1. The van der Waals surface area contributed by atoms with E-state index in [1.807, 2.05) is 53.4 Å². The predicted molar refractivity (Wildman–Crippen MR) is 104 cm³/mol. The minimum Gasteiger partial charge on any atom is -0.368 e. The number of carbonyl (C=O) groups excluding carboxylic acids is 1. The molecule has 0 aliphatic rings. The van der Waals surface area contributed by atoms with E-state index >= 15 is 0 Å². The summed E-state index contributed by atoms with van der Waals surface area (Å²) in [7, 11) is 0. The molecule has 0 saturated heterocycles. The number of nitrogens with two attached hydrogens (primary N) is 1. The fourth-order valence-corrected chi connectivity index (χ4v) is 2.95. The van der Waals surface area contributed by atoms with E-state index in [0.717, 1.165) is 28.6 Å². The molecule has 1 heterocycles. The molecule has 0 fully saturated rings. The van der Waals surface area contributed by atoms with E-state index < -0.39 is 0 Å². The van der Waals surface area contributed by atoms with Crippen molar-refractivity contribution in [2.45, 2.75) is 32.7 Å². The van der Waals surface area contributed by atoms with Gasteiger partial charge in [0, 0.05) is 28.9 Å². The molecule has 0 aliphatic heterocycles. The highest BCUT2D eigenvalue weighted by Crippen LogP contribution is 2.23. The van der Waals surface area contributed by atoms with E-state index in [2.05, 4.69) is 31.0 Å². The van der Waals surface area contributed by atoms with Gasteiger partial charge in [0.2, 0.25) is 5.91 Å². The largest absolute Gasteiger partial charge is 0.368 e. The van der Waals surface area contributed by atoms with Gasteiger partial charge in [-0.2, -0.15) is 0 Å². The summed E-state index contributed by atoms with van der Waals surface area (Å²) < 4.78 is 1.87. The Morgan fingerprint density at radius 1 is 1.20 bits per heavy atom. The molecule has 0 saturated carbocycles. The average molecular weight is 333 g/mol. The van der Waals surface area contributed by atoms with Crippen LogP contribution in [0.15, 0.2) is 59.7 Å². The molecule has 0 spiro atoms. The Bertz CT molecular complexity index is 907. The number of carbonyl (C=O) groups is 1. The minimum absolute atomic E-state index is 0.165. The van der Waals surface area contributed by atoms with E-state index in [0.29, 0.717) is 5.92 Å². The van der Waals surface area contributed by atoms with Crippen LogP contribution in [0, 0.1) is 0 Å². The van der Waals surface area contributed by atoms with Crippen LogP contribution in [-0.2, 0) is 11.3 Å². The van der Waals surface area contributed by atoms with Gasteiger partial charge in [-0.05, 0) is 36.1 Å². The van der Waals surface area contributed by atoms with Gasteiger partial charge in [0.25, 0.3) is 0 Å². The number of primary amides is 1. The summed E-state index contributed by atoms with van der Waals surface area (Å²) in [6, 6.07) is 16.3. The number of aliphatic imine (C=N–C) groups is 1. The molecule has 0 radical (unpaired) electrons. The first-order valence-electron chi connectivity index (χ1n) is 8.58. The van der Waals surface area contributed by atoms with Crippen LogP contribution < -0.4 is 5.73 Å². The Labute approximate surface area is 148 Å². The van der Waals surface area contributed by atoms with Gasteiger partial charge < -0.3 is 10.3 Å². The van der Waals surface area contributed by atoms with Gasteiger partial charge in [0.05, 0.1) is 5.69 Å². The Balaban J connectivity index is 1.89. The Morgan fingerprint density at radius 3 is 2.60 bits per heavy atom. The lowest BCUT2D eigenvalue weighted by molar-refractivity contribution is -0.118.